The van der Waals surface area contributed by atoms with E-state index in [9.17, 15) is 8.42 Å². The van der Waals surface area contributed by atoms with Crippen LogP contribution in [0.1, 0.15) is 19.3 Å². The summed E-state index contributed by atoms with van der Waals surface area (Å²) in [6.07, 6.45) is 3.31. The Labute approximate surface area is 159 Å². The summed E-state index contributed by atoms with van der Waals surface area (Å²) in [5, 5.41) is 1.14. The van der Waals surface area contributed by atoms with E-state index >= 15 is 0 Å². The van der Waals surface area contributed by atoms with Crippen molar-refractivity contribution >= 4 is 26.6 Å². The van der Waals surface area contributed by atoms with E-state index in [1.54, 1.807) is 10.4 Å². The number of hydrogen-bond acceptors (Lipinski definition) is 3. The van der Waals surface area contributed by atoms with Gasteiger partial charge >= 0.3 is 0 Å². The minimum Gasteiger partial charge on any atom is -0.371 e. The number of para-hydroxylation sites is 1. The van der Waals surface area contributed by atoms with Crippen molar-refractivity contribution < 1.29 is 8.42 Å². The second kappa shape index (κ2) is 6.39. The number of aromatic nitrogens is 1. The Morgan fingerprint density at radius 2 is 1.63 bits per heavy atom. The summed E-state index contributed by atoms with van der Waals surface area (Å²) < 4.78 is 27.4. The number of sulfonamides is 1. The maximum Gasteiger partial charge on any atom is 0.243 e. The predicted molar refractivity (Wildman–Crippen MR) is 109 cm³/mol. The van der Waals surface area contributed by atoms with Crippen LogP contribution in [0.25, 0.3) is 22.2 Å². The fourth-order valence-corrected chi connectivity index (χ4v) is 5.56. The molecule has 0 atom stereocenters. The molecule has 2 aliphatic rings. The summed E-state index contributed by atoms with van der Waals surface area (Å²) in [5.41, 5.74) is 4.12. The SMILES string of the molecule is O=S(=O)(c1ccc(N2CCCC2)c(-c2cc3ccccc3[nH]2)c1)N1CCC1. The fraction of sp³-hybridized carbons (Fsp3) is 0.333. The number of nitrogens with zero attached hydrogens (tertiary/aromatic N) is 2. The Morgan fingerprint density at radius 3 is 2.33 bits per heavy atom. The average molecular weight is 382 g/mol. The number of aromatic amines is 1. The van der Waals surface area contributed by atoms with Crippen LogP contribution in [0.4, 0.5) is 5.69 Å². The first kappa shape index (κ1) is 16.8. The van der Waals surface area contributed by atoms with Crippen molar-refractivity contribution in [1.82, 2.24) is 9.29 Å². The molecule has 5 nitrogen and oxygen atoms in total. The van der Waals surface area contributed by atoms with E-state index in [4.69, 9.17) is 0 Å². The van der Waals surface area contributed by atoms with Crippen LogP contribution in [0.5, 0.6) is 0 Å². The molecule has 0 spiro atoms. The van der Waals surface area contributed by atoms with Crippen molar-refractivity contribution in [2.24, 2.45) is 0 Å². The van der Waals surface area contributed by atoms with Gasteiger partial charge in [-0.2, -0.15) is 4.31 Å². The van der Waals surface area contributed by atoms with Crippen molar-refractivity contribution in [2.75, 3.05) is 31.1 Å². The van der Waals surface area contributed by atoms with Gasteiger partial charge in [0.1, 0.15) is 0 Å². The standard InChI is InChI=1S/C21H23N3O2S/c25-27(26,24-12-5-13-24)17-8-9-21(23-10-3-4-11-23)18(15-17)20-14-16-6-1-2-7-19(16)22-20/h1-2,6-9,14-15,22H,3-5,10-13H2. The van der Waals surface area contributed by atoms with Crippen molar-refractivity contribution in [1.29, 1.82) is 0 Å². The van der Waals surface area contributed by atoms with Gasteiger partial charge in [0.05, 0.1) is 4.90 Å². The van der Waals surface area contributed by atoms with Crippen LogP contribution >= 0.6 is 0 Å². The van der Waals surface area contributed by atoms with E-state index in [0.717, 1.165) is 47.4 Å². The number of H-pyrrole nitrogens is 1. The van der Waals surface area contributed by atoms with Gasteiger partial charge in [0.15, 0.2) is 0 Å². The minimum atomic E-state index is -3.40. The molecule has 2 aromatic carbocycles. The first-order valence-corrected chi connectivity index (χ1v) is 11.0. The van der Waals surface area contributed by atoms with Crippen LogP contribution in [0, 0.1) is 0 Å². The van der Waals surface area contributed by atoms with Gasteiger partial charge in [-0.25, -0.2) is 8.42 Å². The highest BCUT2D eigenvalue weighted by molar-refractivity contribution is 7.89. The highest BCUT2D eigenvalue weighted by Crippen LogP contribution is 2.36. The van der Waals surface area contributed by atoms with Gasteiger partial charge < -0.3 is 9.88 Å². The molecule has 0 aliphatic carbocycles. The van der Waals surface area contributed by atoms with E-state index in [-0.39, 0.29) is 0 Å². The van der Waals surface area contributed by atoms with Crippen LogP contribution < -0.4 is 4.90 Å². The molecule has 2 saturated heterocycles. The third-order valence-electron chi connectivity index (χ3n) is 5.69. The molecule has 0 unspecified atom stereocenters. The molecular weight excluding hydrogens is 358 g/mol. The molecule has 0 amide bonds. The van der Waals surface area contributed by atoms with E-state index in [1.165, 1.54) is 12.8 Å². The summed E-state index contributed by atoms with van der Waals surface area (Å²) in [6.45, 7) is 3.28. The lowest BCUT2D eigenvalue weighted by Gasteiger charge is -2.30. The molecule has 27 heavy (non-hydrogen) atoms. The third kappa shape index (κ3) is 2.84. The van der Waals surface area contributed by atoms with Gasteiger partial charge in [0.2, 0.25) is 10.0 Å². The fourth-order valence-electron chi connectivity index (χ4n) is 4.02. The zero-order valence-electron chi connectivity index (χ0n) is 15.2. The van der Waals surface area contributed by atoms with Crippen molar-refractivity contribution in [3.05, 3.63) is 48.5 Å². The third-order valence-corrected chi connectivity index (χ3v) is 7.58. The molecule has 140 valence electrons. The first-order chi connectivity index (χ1) is 13.1. The number of rotatable bonds is 4. The van der Waals surface area contributed by atoms with Crippen LogP contribution in [-0.4, -0.2) is 43.9 Å². The molecule has 0 radical (unpaired) electrons. The second-order valence-electron chi connectivity index (χ2n) is 7.40. The lowest BCUT2D eigenvalue weighted by Crippen LogP contribution is -2.41. The maximum absolute atomic E-state index is 12.9. The van der Waals surface area contributed by atoms with Gasteiger partial charge in [0.25, 0.3) is 0 Å². The summed E-state index contributed by atoms with van der Waals surface area (Å²) in [7, 11) is -3.40. The van der Waals surface area contributed by atoms with E-state index in [1.807, 2.05) is 24.3 Å². The van der Waals surface area contributed by atoms with E-state index < -0.39 is 10.0 Å². The maximum atomic E-state index is 12.9. The molecule has 2 aliphatic heterocycles. The van der Waals surface area contributed by atoms with E-state index in [0.29, 0.717) is 18.0 Å². The second-order valence-corrected chi connectivity index (χ2v) is 9.34. The van der Waals surface area contributed by atoms with Crippen LogP contribution in [0.15, 0.2) is 53.4 Å². The van der Waals surface area contributed by atoms with Crippen molar-refractivity contribution in [2.45, 2.75) is 24.2 Å². The molecule has 6 heteroatoms. The van der Waals surface area contributed by atoms with Crippen molar-refractivity contribution in [3.8, 4) is 11.3 Å². The molecule has 0 bridgehead atoms. The van der Waals surface area contributed by atoms with Gasteiger partial charge in [0, 0.05) is 54.0 Å². The lowest BCUT2D eigenvalue weighted by atomic mass is 10.1. The molecule has 0 saturated carbocycles. The summed E-state index contributed by atoms with van der Waals surface area (Å²) >= 11 is 0. The van der Waals surface area contributed by atoms with Gasteiger partial charge in [-0.1, -0.05) is 18.2 Å². The molecule has 2 fully saturated rings. The van der Waals surface area contributed by atoms with Gasteiger partial charge in [-0.05, 0) is 49.6 Å². The van der Waals surface area contributed by atoms with Crippen molar-refractivity contribution in [3.63, 3.8) is 0 Å². The number of anilines is 1. The van der Waals surface area contributed by atoms with Crippen LogP contribution in [-0.2, 0) is 10.0 Å². The molecule has 1 N–H and O–H groups in total. The number of benzene rings is 2. The number of hydrogen-bond donors (Lipinski definition) is 1. The minimum absolute atomic E-state index is 0.388. The Balaban J connectivity index is 1.66. The highest BCUT2D eigenvalue weighted by Gasteiger charge is 2.30. The summed E-state index contributed by atoms with van der Waals surface area (Å²) in [4.78, 5) is 6.23. The van der Waals surface area contributed by atoms with Gasteiger partial charge in [-0.15, -0.1) is 0 Å². The molecule has 1 aromatic heterocycles. The van der Waals surface area contributed by atoms with Gasteiger partial charge in [-0.3, -0.25) is 0 Å². The molecule has 3 heterocycles. The molecular formula is C21H23N3O2S. The Hall–Kier alpha value is -2.31. The molecule has 3 aromatic rings. The normalized spacial score (nSPS) is 18.1. The summed E-state index contributed by atoms with van der Waals surface area (Å²) in [5.74, 6) is 0. The molecule has 5 rings (SSSR count). The Kier molecular flexibility index (Phi) is 3.98. The Morgan fingerprint density at radius 1 is 0.852 bits per heavy atom. The largest absolute Gasteiger partial charge is 0.371 e. The monoisotopic (exact) mass is 381 g/mol. The quantitative estimate of drug-likeness (QED) is 0.747. The lowest BCUT2D eigenvalue weighted by molar-refractivity contribution is 0.309. The smallest absolute Gasteiger partial charge is 0.243 e. The topological polar surface area (TPSA) is 56.4 Å². The Bertz CT molecular complexity index is 1060. The summed E-state index contributed by atoms with van der Waals surface area (Å²) in [6, 6.07) is 15.9. The number of fused-ring (bicyclic) bond motifs is 1. The van der Waals surface area contributed by atoms with E-state index in [2.05, 4.69) is 28.1 Å². The highest BCUT2D eigenvalue weighted by atomic mass is 32.2. The zero-order valence-corrected chi connectivity index (χ0v) is 16.0. The first-order valence-electron chi connectivity index (χ1n) is 9.60. The van der Waals surface area contributed by atoms with Crippen LogP contribution in [0.2, 0.25) is 0 Å². The van der Waals surface area contributed by atoms with Crippen LogP contribution in [0.3, 0.4) is 0 Å². The average Bonchev–Trinajstić information content (AvgIpc) is 3.29. The number of nitrogens with one attached hydrogen (secondary N) is 1. The zero-order chi connectivity index (χ0) is 18.4. The predicted octanol–water partition coefficient (Wildman–Crippen LogP) is 3.83.